The molecule has 0 aliphatic rings. The summed E-state index contributed by atoms with van der Waals surface area (Å²) >= 11 is 0. The molecule has 0 bridgehead atoms. The lowest BCUT2D eigenvalue weighted by Crippen LogP contribution is -2.49. The van der Waals surface area contributed by atoms with Crippen LogP contribution >= 0.6 is 0 Å². The zero-order chi connectivity index (χ0) is 15.6. The molecule has 0 aromatic heterocycles. The highest BCUT2D eigenvalue weighted by atomic mass is 16.2. The molecule has 0 radical (unpaired) electrons. The third kappa shape index (κ3) is 7.76. The zero-order valence-electron chi connectivity index (χ0n) is 12.9. The molecule has 0 aromatic rings. The fourth-order valence-corrected chi connectivity index (χ4v) is 1.64. The first kappa shape index (κ1) is 18.4. The minimum atomic E-state index is -0.519. The maximum atomic E-state index is 11.6. The van der Waals surface area contributed by atoms with Gasteiger partial charge in [-0.1, -0.05) is 27.7 Å². The highest BCUT2D eigenvalue weighted by molar-refractivity contribution is 5.78. The van der Waals surface area contributed by atoms with Crippen molar-refractivity contribution >= 4 is 18.7 Å². The summed E-state index contributed by atoms with van der Waals surface area (Å²) in [4.78, 5) is 35.0. The Labute approximate surface area is 121 Å². The van der Waals surface area contributed by atoms with E-state index >= 15 is 0 Å². The molecule has 0 aliphatic carbocycles. The third-order valence-corrected chi connectivity index (χ3v) is 2.92. The predicted octanol–water partition coefficient (Wildman–Crippen LogP) is 1.16. The molecule has 20 heavy (non-hydrogen) atoms. The van der Waals surface area contributed by atoms with Gasteiger partial charge in [-0.05, 0) is 18.3 Å². The Morgan fingerprint density at radius 1 is 1.25 bits per heavy atom. The fraction of sp³-hybridized carbons (Fsp3) is 0.786. The van der Waals surface area contributed by atoms with Crippen molar-refractivity contribution in [3.8, 4) is 0 Å². The van der Waals surface area contributed by atoms with Gasteiger partial charge in [0.15, 0.2) is 0 Å². The van der Waals surface area contributed by atoms with Crippen molar-refractivity contribution in [1.29, 1.82) is 0 Å². The van der Waals surface area contributed by atoms with Crippen molar-refractivity contribution in [1.82, 2.24) is 15.5 Å². The maximum Gasteiger partial charge on any atom is 0.315 e. The van der Waals surface area contributed by atoms with Crippen molar-refractivity contribution in [2.24, 2.45) is 5.41 Å². The second-order valence-electron chi connectivity index (χ2n) is 5.87. The monoisotopic (exact) mass is 285 g/mol. The van der Waals surface area contributed by atoms with Crippen LogP contribution in [0, 0.1) is 5.41 Å². The van der Waals surface area contributed by atoms with E-state index in [-0.39, 0.29) is 11.4 Å². The average Bonchev–Trinajstić information content (AvgIpc) is 2.38. The quantitative estimate of drug-likeness (QED) is 0.493. The van der Waals surface area contributed by atoms with Crippen LogP contribution in [0.1, 0.15) is 40.5 Å². The molecule has 0 aromatic carbocycles. The maximum absolute atomic E-state index is 11.6. The van der Waals surface area contributed by atoms with E-state index in [0.717, 1.165) is 25.7 Å². The first-order valence-corrected chi connectivity index (χ1v) is 7.04. The minimum Gasteiger partial charge on any atom is -0.345 e. The van der Waals surface area contributed by atoms with Crippen LogP contribution in [0.3, 0.4) is 0 Å². The van der Waals surface area contributed by atoms with Crippen molar-refractivity contribution < 1.29 is 14.4 Å². The first-order valence-electron chi connectivity index (χ1n) is 7.04. The molecule has 0 heterocycles. The topological polar surface area (TPSA) is 78.5 Å². The molecule has 2 N–H and O–H groups in total. The number of nitrogens with zero attached hydrogens (tertiary/aromatic N) is 1. The number of urea groups is 1. The lowest BCUT2D eigenvalue weighted by molar-refractivity contribution is -0.118. The third-order valence-electron chi connectivity index (χ3n) is 2.92. The van der Waals surface area contributed by atoms with Crippen LogP contribution in [0.15, 0.2) is 0 Å². The van der Waals surface area contributed by atoms with Gasteiger partial charge in [0.05, 0.1) is 6.04 Å². The second-order valence-corrected chi connectivity index (χ2v) is 5.87. The summed E-state index contributed by atoms with van der Waals surface area (Å²) in [5, 5.41) is 5.32. The molecule has 1 atom stereocenters. The van der Waals surface area contributed by atoms with Crippen LogP contribution in [0.5, 0.6) is 0 Å². The Balaban J connectivity index is 3.94. The summed E-state index contributed by atoms with van der Waals surface area (Å²) in [7, 11) is 0. The molecule has 116 valence electrons. The van der Waals surface area contributed by atoms with Crippen LogP contribution in [0.2, 0.25) is 0 Å². The van der Waals surface area contributed by atoms with E-state index in [4.69, 9.17) is 0 Å². The van der Waals surface area contributed by atoms with Gasteiger partial charge < -0.3 is 20.3 Å². The lowest BCUT2D eigenvalue weighted by Gasteiger charge is -2.26. The smallest absolute Gasteiger partial charge is 0.315 e. The number of aldehydes is 1. The zero-order valence-corrected chi connectivity index (χ0v) is 12.9. The Morgan fingerprint density at radius 2 is 1.90 bits per heavy atom. The van der Waals surface area contributed by atoms with Crippen LogP contribution < -0.4 is 10.6 Å². The van der Waals surface area contributed by atoms with E-state index in [1.54, 1.807) is 4.90 Å². The predicted molar refractivity (Wildman–Crippen MR) is 78.4 cm³/mol. The number of carbonyl (C=O) groups is 3. The number of carbonyl (C=O) groups excluding carboxylic acids is 3. The standard InChI is InChI=1S/C14H27N3O3/c1-5-8-17(11-19)9-6-7-15-13(20)16-12(10-18)14(2,3)4/h10-12H,5-9H2,1-4H3,(H2,15,16,20). The number of amides is 3. The molecule has 0 spiro atoms. The van der Waals surface area contributed by atoms with Gasteiger partial charge in [-0.25, -0.2) is 4.79 Å². The highest BCUT2D eigenvalue weighted by Crippen LogP contribution is 2.17. The van der Waals surface area contributed by atoms with E-state index < -0.39 is 6.04 Å². The van der Waals surface area contributed by atoms with Crippen molar-refractivity contribution in [2.45, 2.75) is 46.6 Å². The van der Waals surface area contributed by atoms with Gasteiger partial charge in [0, 0.05) is 19.6 Å². The molecular weight excluding hydrogens is 258 g/mol. The van der Waals surface area contributed by atoms with Gasteiger partial charge >= 0.3 is 6.03 Å². The molecule has 1 unspecified atom stereocenters. The van der Waals surface area contributed by atoms with Gasteiger partial charge in [-0.3, -0.25) is 4.79 Å². The Morgan fingerprint density at radius 3 is 2.35 bits per heavy atom. The van der Waals surface area contributed by atoms with E-state index in [0.29, 0.717) is 19.5 Å². The molecular formula is C14H27N3O3. The summed E-state index contributed by atoms with van der Waals surface area (Å²) in [6.07, 6.45) is 3.17. The minimum absolute atomic E-state index is 0.311. The summed E-state index contributed by atoms with van der Waals surface area (Å²) in [6, 6.07) is -0.876. The number of nitrogens with one attached hydrogen (secondary N) is 2. The summed E-state index contributed by atoms with van der Waals surface area (Å²) in [5.41, 5.74) is -0.311. The Kier molecular flexibility index (Phi) is 8.59. The molecule has 0 rings (SSSR count). The molecule has 6 heteroatoms. The van der Waals surface area contributed by atoms with Crippen LogP contribution in [0.4, 0.5) is 4.79 Å². The van der Waals surface area contributed by atoms with E-state index in [1.807, 2.05) is 27.7 Å². The normalized spacial score (nSPS) is 12.4. The second kappa shape index (κ2) is 9.34. The summed E-state index contributed by atoms with van der Waals surface area (Å²) < 4.78 is 0. The summed E-state index contributed by atoms with van der Waals surface area (Å²) in [6.45, 7) is 9.49. The molecule has 3 amide bonds. The summed E-state index contributed by atoms with van der Waals surface area (Å²) in [5.74, 6) is 0. The Bertz CT molecular complexity index is 313. The van der Waals surface area contributed by atoms with E-state index in [9.17, 15) is 14.4 Å². The SMILES string of the molecule is CCCN(C=O)CCCNC(=O)NC(C=O)C(C)(C)C. The van der Waals surface area contributed by atoms with Gasteiger partial charge in [0.2, 0.25) is 6.41 Å². The first-order chi connectivity index (χ1) is 9.35. The number of rotatable bonds is 9. The van der Waals surface area contributed by atoms with E-state index in [2.05, 4.69) is 10.6 Å². The highest BCUT2D eigenvalue weighted by Gasteiger charge is 2.25. The number of hydrogen-bond donors (Lipinski definition) is 2. The lowest BCUT2D eigenvalue weighted by atomic mass is 9.88. The van der Waals surface area contributed by atoms with Gasteiger partial charge in [0.25, 0.3) is 0 Å². The average molecular weight is 285 g/mol. The van der Waals surface area contributed by atoms with Crippen molar-refractivity contribution in [3.63, 3.8) is 0 Å². The molecule has 0 fully saturated rings. The van der Waals surface area contributed by atoms with Crippen LogP contribution in [-0.2, 0) is 9.59 Å². The number of hydrogen-bond acceptors (Lipinski definition) is 3. The van der Waals surface area contributed by atoms with Gasteiger partial charge in [-0.2, -0.15) is 0 Å². The van der Waals surface area contributed by atoms with Gasteiger partial charge in [-0.15, -0.1) is 0 Å². The molecule has 0 aliphatic heterocycles. The molecule has 6 nitrogen and oxygen atoms in total. The van der Waals surface area contributed by atoms with Crippen molar-refractivity contribution in [2.75, 3.05) is 19.6 Å². The molecule has 0 saturated heterocycles. The molecule has 0 saturated carbocycles. The fourth-order valence-electron chi connectivity index (χ4n) is 1.64. The largest absolute Gasteiger partial charge is 0.345 e. The van der Waals surface area contributed by atoms with Crippen molar-refractivity contribution in [3.05, 3.63) is 0 Å². The van der Waals surface area contributed by atoms with Gasteiger partial charge in [0.1, 0.15) is 6.29 Å². The van der Waals surface area contributed by atoms with Crippen LogP contribution in [0.25, 0.3) is 0 Å². The van der Waals surface area contributed by atoms with E-state index in [1.165, 1.54) is 0 Å². The Hall–Kier alpha value is -1.59. The van der Waals surface area contributed by atoms with Crippen LogP contribution in [-0.4, -0.2) is 49.3 Å².